The van der Waals surface area contributed by atoms with E-state index in [1.165, 1.54) is 4.31 Å². The summed E-state index contributed by atoms with van der Waals surface area (Å²) in [5, 5.41) is 8.59. The predicted octanol–water partition coefficient (Wildman–Crippen LogP) is 1.16. The van der Waals surface area contributed by atoms with Gasteiger partial charge in [0.2, 0.25) is 10.0 Å². The first-order valence-corrected chi connectivity index (χ1v) is 7.51. The van der Waals surface area contributed by atoms with Crippen LogP contribution in [0.1, 0.15) is 12.0 Å². The van der Waals surface area contributed by atoms with Crippen LogP contribution >= 0.6 is 0 Å². The summed E-state index contributed by atoms with van der Waals surface area (Å²) in [6.45, 7) is 1.05. The van der Waals surface area contributed by atoms with Crippen molar-refractivity contribution in [3.8, 4) is 6.07 Å². The predicted molar refractivity (Wildman–Crippen MR) is 69.9 cm³/mol. The van der Waals surface area contributed by atoms with Gasteiger partial charge in [-0.1, -0.05) is 12.1 Å². The van der Waals surface area contributed by atoms with Gasteiger partial charge in [0.1, 0.15) is 0 Å². The van der Waals surface area contributed by atoms with Gasteiger partial charge < -0.3 is 4.74 Å². The van der Waals surface area contributed by atoms with Crippen molar-refractivity contribution < 1.29 is 13.2 Å². The fraction of sp³-hybridized carbons (Fsp3) is 0.462. The van der Waals surface area contributed by atoms with Crippen molar-refractivity contribution in [1.82, 2.24) is 4.31 Å². The topological polar surface area (TPSA) is 70.4 Å². The van der Waals surface area contributed by atoms with Crippen LogP contribution in [0.15, 0.2) is 29.2 Å². The summed E-state index contributed by atoms with van der Waals surface area (Å²) in [5.74, 6) is 0. The van der Waals surface area contributed by atoms with Crippen LogP contribution in [0.5, 0.6) is 0 Å². The van der Waals surface area contributed by atoms with Crippen LogP contribution < -0.4 is 0 Å². The molecular formula is C13H16N2O3S. The van der Waals surface area contributed by atoms with Gasteiger partial charge in [-0.3, -0.25) is 0 Å². The van der Waals surface area contributed by atoms with Gasteiger partial charge in [0.25, 0.3) is 0 Å². The minimum absolute atomic E-state index is 0.0937. The molecule has 19 heavy (non-hydrogen) atoms. The monoisotopic (exact) mass is 280 g/mol. The Morgan fingerprint density at radius 2 is 2.11 bits per heavy atom. The maximum absolute atomic E-state index is 12.4. The lowest BCUT2D eigenvalue weighted by atomic mass is 10.2. The molecule has 0 aliphatic carbocycles. The third-order valence-electron chi connectivity index (χ3n) is 3.30. The van der Waals surface area contributed by atoms with Crippen molar-refractivity contribution in [2.24, 2.45) is 0 Å². The van der Waals surface area contributed by atoms with Gasteiger partial charge in [-0.25, -0.2) is 8.42 Å². The number of hydrogen-bond donors (Lipinski definition) is 0. The maximum Gasteiger partial charge on any atom is 0.243 e. The lowest BCUT2D eigenvalue weighted by molar-refractivity contribution is 0.181. The molecule has 1 aromatic carbocycles. The summed E-state index contributed by atoms with van der Waals surface area (Å²) < 4.78 is 31.4. The number of likely N-dealkylation sites (N-methyl/N-ethyl adjacent to an activating group) is 1. The quantitative estimate of drug-likeness (QED) is 0.830. The van der Waals surface area contributed by atoms with Crippen LogP contribution in [0.25, 0.3) is 0 Å². The van der Waals surface area contributed by atoms with Gasteiger partial charge in [0.15, 0.2) is 0 Å². The van der Waals surface area contributed by atoms with E-state index in [2.05, 4.69) is 0 Å². The van der Waals surface area contributed by atoms with E-state index in [-0.39, 0.29) is 17.4 Å². The van der Waals surface area contributed by atoms with Crippen molar-refractivity contribution in [3.63, 3.8) is 0 Å². The molecule has 1 saturated heterocycles. The summed E-state index contributed by atoms with van der Waals surface area (Å²) in [7, 11) is -1.90. The van der Waals surface area contributed by atoms with E-state index in [9.17, 15) is 8.42 Å². The van der Waals surface area contributed by atoms with Crippen LogP contribution in [0.4, 0.5) is 0 Å². The number of nitriles is 1. The standard InChI is InChI=1S/C13H16N2O3S/c1-15(12-7-9-18-10-12)19(16,17)13-4-2-11(3-5-13)6-8-14/h2-5,12H,6-7,9-10H2,1H3. The average molecular weight is 280 g/mol. The van der Waals surface area contributed by atoms with E-state index in [1.54, 1.807) is 31.3 Å². The second kappa shape index (κ2) is 5.70. The van der Waals surface area contributed by atoms with Crippen LogP contribution in [-0.2, 0) is 21.2 Å². The Balaban J connectivity index is 2.21. The van der Waals surface area contributed by atoms with Crippen molar-refractivity contribution in [2.75, 3.05) is 20.3 Å². The number of nitrogens with zero attached hydrogens (tertiary/aromatic N) is 2. The number of sulfonamides is 1. The van der Waals surface area contributed by atoms with Gasteiger partial charge in [0.05, 0.1) is 30.0 Å². The largest absolute Gasteiger partial charge is 0.380 e. The molecule has 0 radical (unpaired) electrons. The molecule has 5 nitrogen and oxygen atoms in total. The van der Waals surface area contributed by atoms with Crippen LogP contribution in [0.3, 0.4) is 0 Å². The number of benzene rings is 1. The average Bonchev–Trinajstić information content (AvgIpc) is 2.92. The molecule has 1 aliphatic heterocycles. The van der Waals surface area contributed by atoms with Crippen molar-refractivity contribution in [1.29, 1.82) is 5.26 Å². The Morgan fingerprint density at radius 3 is 2.63 bits per heavy atom. The Bertz CT molecular complexity index is 569. The highest BCUT2D eigenvalue weighted by molar-refractivity contribution is 7.89. The molecule has 0 saturated carbocycles. The molecule has 6 heteroatoms. The summed E-state index contributed by atoms with van der Waals surface area (Å²) in [5.41, 5.74) is 0.813. The zero-order valence-electron chi connectivity index (χ0n) is 10.7. The normalized spacial score (nSPS) is 19.5. The van der Waals surface area contributed by atoms with Gasteiger partial charge in [-0.15, -0.1) is 0 Å². The van der Waals surface area contributed by atoms with Gasteiger partial charge >= 0.3 is 0 Å². The summed E-state index contributed by atoms with van der Waals surface area (Å²) in [6, 6.07) is 8.39. The zero-order chi connectivity index (χ0) is 13.9. The smallest absolute Gasteiger partial charge is 0.243 e. The van der Waals surface area contributed by atoms with E-state index in [1.807, 2.05) is 6.07 Å². The Hall–Kier alpha value is -1.42. The highest BCUT2D eigenvalue weighted by Crippen LogP contribution is 2.21. The summed E-state index contributed by atoms with van der Waals surface area (Å²) in [6.07, 6.45) is 1.01. The first kappa shape index (κ1) is 14.0. The third kappa shape index (κ3) is 2.95. The lowest BCUT2D eigenvalue weighted by Gasteiger charge is -2.22. The second-order valence-electron chi connectivity index (χ2n) is 4.52. The molecule has 2 rings (SSSR count). The van der Waals surface area contributed by atoms with E-state index < -0.39 is 10.0 Å². The van der Waals surface area contributed by atoms with Gasteiger partial charge in [-0.05, 0) is 24.1 Å². The first-order valence-electron chi connectivity index (χ1n) is 6.07. The summed E-state index contributed by atoms with van der Waals surface area (Å²) >= 11 is 0. The van der Waals surface area contributed by atoms with Gasteiger partial charge in [0, 0.05) is 13.7 Å². The highest BCUT2D eigenvalue weighted by atomic mass is 32.2. The molecule has 1 aromatic rings. The first-order chi connectivity index (χ1) is 9.05. The second-order valence-corrected chi connectivity index (χ2v) is 6.52. The number of ether oxygens (including phenoxy) is 1. The van der Waals surface area contributed by atoms with Crippen LogP contribution in [0, 0.1) is 11.3 Å². The fourth-order valence-corrected chi connectivity index (χ4v) is 3.41. The lowest BCUT2D eigenvalue weighted by Crippen LogP contribution is -2.37. The zero-order valence-corrected chi connectivity index (χ0v) is 11.6. The molecular weight excluding hydrogens is 264 g/mol. The molecule has 1 fully saturated rings. The highest BCUT2D eigenvalue weighted by Gasteiger charge is 2.30. The Kier molecular flexibility index (Phi) is 4.20. The minimum Gasteiger partial charge on any atom is -0.380 e. The number of rotatable bonds is 4. The van der Waals surface area contributed by atoms with E-state index in [0.717, 1.165) is 12.0 Å². The van der Waals surface area contributed by atoms with Crippen LogP contribution in [-0.4, -0.2) is 39.0 Å². The molecule has 0 bridgehead atoms. The maximum atomic E-state index is 12.4. The summed E-state index contributed by atoms with van der Waals surface area (Å²) in [4.78, 5) is 0.253. The van der Waals surface area contributed by atoms with Crippen LogP contribution in [0.2, 0.25) is 0 Å². The number of hydrogen-bond acceptors (Lipinski definition) is 4. The van der Waals surface area contributed by atoms with Crippen molar-refractivity contribution in [2.45, 2.75) is 23.8 Å². The Morgan fingerprint density at radius 1 is 1.42 bits per heavy atom. The van der Waals surface area contributed by atoms with E-state index >= 15 is 0 Å². The molecule has 0 N–H and O–H groups in total. The molecule has 102 valence electrons. The molecule has 0 spiro atoms. The fourth-order valence-electron chi connectivity index (χ4n) is 2.04. The van der Waals surface area contributed by atoms with E-state index in [4.69, 9.17) is 10.00 Å². The molecule has 1 unspecified atom stereocenters. The molecule has 1 heterocycles. The molecule has 0 aromatic heterocycles. The minimum atomic E-state index is -3.48. The van der Waals surface area contributed by atoms with Crippen molar-refractivity contribution >= 4 is 10.0 Å². The molecule has 0 amide bonds. The molecule has 1 aliphatic rings. The molecule has 1 atom stereocenters. The van der Waals surface area contributed by atoms with Gasteiger partial charge in [-0.2, -0.15) is 9.57 Å². The van der Waals surface area contributed by atoms with E-state index in [0.29, 0.717) is 13.2 Å². The SMILES string of the molecule is CN(C1CCOC1)S(=O)(=O)c1ccc(CC#N)cc1. The van der Waals surface area contributed by atoms with Crippen molar-refractivity contribution in [3.05, 3.63) is 29.8 Å². The Labute approximate surface area is 113 Å². The third-order valence-corrected chi connectivity index (χ3v) is 5.23.